The van der Waals surface area contributed by atoms with Crippen LogP contribution in [-0.4, -0.2) is 18.9 Å². The highest BCUT2D eigenvalue weighted by molar-refractivity contribution is 5.79. The van der Waals surface area contributed by atoms with Crippen molar-refractivity contribution < 1.29 is 13.5 Å². The average Bonchev–Trinajstić information content (AvgIpc) is 2.68. The van der Waals surface area contributed by atoms with Crippen LogP contribution in [0.3, 0.4) is 0 Å². The molecule has 1 heterocycles. The molecule has 6 N–H and O–H groups in total. The van der Waals surface area contributed by atoms with Crippen molar-refractivity contribution >= 4 is 5.96 Å². The van der Waals surface area contributed by atoms with E-state index < -0.39 is 12.2 Å². The van der Waals surface area contributed by atoms with Gasteiger partial charge in [0.15, 0.2) is 5.79 Å². The van der Waals surface area contributed by atoms with Crippen LogP contribution >= 0.6 is 0 Å². The molecule has 0 aromatic heterocycles. The van der Waals surface area contributed by atoms with Crippen molar-refractivity contribution in [2.24, 2.45) is 16.5 Å². The molecule has 0 saturated heterocycles. The molecule has 0 bridgehead atoms. The minimum atomic E-state index is -2.62. The smallest absolute Gasteiger partial charge is 0.267 e. The monoisotopic (exact) mass is 271 g/mol. The SMILES string of the molecule is COc1ccc(CC2(N)N=C(N)NN2)cc1C(F)F. The molecule has 1 atom stereocenters. The van der Waals surface area contributed by atoms with Crippen molar-refractivity contribution in [1.29, 1.82) is 0 Å². The molecule has 1 aliphatic rings. The molecule has 1 unspecified atom stereocenters. The number of hydrogen-bond acceptors (Lipinski definition) is 6. The quantitative estimate of drug-likeness (QED) is 0.627. The summed E-state index contributed by atoms with van der Waals surface area (Å²) < 4.78 is 30.6. The lowest BCUT2D eigenvalue weighted by molar-refractivity contribution is 0.147. The molecule has 0 amide bonds. The normalized spacial score (nSPS) is 22.3. The first-order valence-electron chi connectivity index (χ1n) is 5.56. The summed E-state index contributed by atoms with van der Waals surface area (Å²) in [7, 11) is 1.35. The molecule has 104 valence electrons. The predicted octanol–water partition coefficient (Wildman–Crippen LogP) is 0.210. The molecule has 1 aliphatic heterocycles. The zero-order valence-corrected chi connectivity index (χ0v) is 10.3. The van der Waals surface area contributed by atoms with E-state index >= 15 is 0 Å². The van der Waals surface area contributed by atoms with Gasteiger partial charge in [-0.1, -0.05) is 6.07 Å². The summed E-state index contributed by atoms with van der Waals surface area (Å²) in [6.45, 7) is 0. The van der Waals surface area contributed by atoms with Gasteiger partial charge in [0.25, 0.3) is 6.43 Å². The highest BCUT2D eigenvalue weighted by Crippen LogP contribution is 2.30. The summed E-state index contributed by atoms with van der Waals surface area (Å²) in [6, 6.07) is 4.49. The molecule has 1 aromatic rings. The molecular formula is C11H15F2N5O. The Kier molecular flexibility index (Phi) is 3.54. The number of hydrogen-bond donors (Lipinski definition) is 4. The van der Waals surface area contributed by atoms with Gasteiger partial charge in [0.05, 0.1) is 12.7 Å². The zero-order chi connectivity index (χ0) is 14.0. The third-order valence-electron chi connectivity index (χ3n) is 2.73. The summed E-state index contributed by atoms with van der Waals surface area (Å²) >= 11 is 0. The third-order valence-corrected chi connectivity index (χ3v) is 2.73. The summed E-state index contributed by atoms with van der Waals surface area (Å²) in [4.78, 5) is 3.96. The number of halogens is 2. The Bertz CT molecular complexity index is 508. The van der Waals surface area contributed by atoms with Crippen molar-refractivity contribution in [3.63, 3.8) is 0 Å². The van der Waals surface area contributed by atoms with Crippen LogP contribution in [0, 0.1) is 0 Å². The van der Waals surface area contributed by atoms with Crippen LogP contribution in [0.1, 0.15) is 17.6 Å². The molecule has 8 heteroatoms. The van der Waals surface area contributed by atoms with Crippen LogP contribution < -0.4 is 27.1 Å². The summed E-state index contributed by atoms with van der Waals surface area (Å²) in [6.07, 6.45) is -2.41. The van der Waals surface area contributed by atoms with E-state index in [9.17, 15) is 8.78 Å². The van der Waals surface area contributed by atoms with Crippen LogP contribution in [0.2, 0.25) is 0 Å². The van der Waals surface area contributed by atoms with Crippen molar-refractivity contribution in [2.45, 2.75) is 18.6 Å². The highest BCUT2D eigenvalue weighted by Gasteiger charge is 2.30. The van der Waals surface area contributed by atoms with Gasteiger partial charge in [-0.05, 0) is 17.7 Å². The maximum atomic E-state index is 12.9. The Labute approximate surface area is 108 Å². The topological polar surface area (TPSA) is 97.7 Å². The third kappa shape index (κ3) is 2.91. The van der Waals surface area contributed by atoms with Gasteiger partial charge in [-0.2, -0.15) is 5.43 Å². The standard InChI is InChI=1S/C11H15F2N5O/c1-19-8-3-2-6(4-7(8)9(12)13)5-11(15)16-10(14)17-18-11/h2-4,9,18H,5,15H2,1H3,(H3,14,16,17). The number of benzene rings is 1. The van der Waals surface area contributed by atoms with Gasteiger partial charge in [0.1, 0.15) is 5.75 Å². The number of rotatable bonds is 4. The fourth-order valence-corrected chi connectivity index (χ4v) is 1.90. The predicted molar refractivity (Wildman–Crippen MR) is 66.5 cm³/mol. The first-order chi connectivity index (χ1) is 8.93. The van der Waals surface area contributed by atoms with Crippen LogP contribution in [0.25, 0.3) is 0 Å². The zero-order valence-electron chi connectivity index (χ0n) is 10.3. The van der Waals surface area contributed by atoms with Crippen molar-refractivity contribution in [3.05, 3.63) is 29.3 Å². The molecule has 2 rings (SSSR count). The van der Waals surface area contributed by atoms with Crippen molar-refractivity contribution in [1.82, 2.24) is 10.9 Å². The van der Waals surface area contributed by atoms with Gasteiger partial charge in [-0.25, -0.2) is 13.8 Å². The number of nitrogens with one attached hydrogen (secondary N) is 2. The first-order valence-corrected chi connectivity index (χ1v) is 5.56. The molecule has 0 aliphatic carbocycles. The van der Waals surface area contributed by atoms with E-state index in [4.69, 9.17) is 16.2 Å². The Balaban J connectivity index is 2.24. The molecule has 0 spiro atoms. The Morgan fingerprint density at radius 2 is 2.21 bits per heavy atom. The number of nitrogens with zero attached hydrogens (tertiary/aromatic N) is 1. The van der Waals surface area contributed by atoms with E-state index in [-0.39, 0.29) is 23.7 Å². The van der Waals surface area contributed by atoms with Crippen LogP contribution in [-0.2, 0) is 6.42 Å². The molecule has 0 radical (unpaired) electrons. The van der Waals surface area contributed by atoms with Crippen LogP contribution in [0.15, 0.2) is 23.2 Å². The number of hydrazine groups is 1. The van der Waals surface area contributed by atoms with E-state index in [0.29, 0.717) is 5.56 Å². The Morgan fingerprint density at radius 3 is 2.74 bits per heavy atom. The number of alkyl halides is 2. The maximum Gasteiger partial charge on any atom is 0.267 e. The lowest BCUT2D eigenvalue weighted by Gasteiger charge is -2.20. The lowest BCUT2D eigenvalue weighted by Crippen LogP contribution is -2.54. The van der Waals surface area contributed by atoms with Crippen LogP contribution in [0.4, 0.5) is 8.78 Å². The van der Waals surface area contributed by atoms with Crippen molar-refractivity contribution in [2.75, 3.05) is 7.11 Å². The van der Waals surface area contributed by atoms with Crippen LogP contribution in [0.5, 0.6) is 5.75 Å². The molecular weight excluding hydrogens is 256 g/mol. The minimum Gasteiger partial charge on any atom is -0.496 e. The minimum absolute atomic E-state index is 0.144. The first kappa shape index (κ1) is 13.5. The summed E-state index contributed by atoms with van der Waals surface area (Å²) in [5.41, 5.74) is 17.1. The van der Waals surface area contributed by atoms with Gasteiger partial charge in [-0.15, -0.1) is 0 Å². The molecule has 1 aromatic carbocycles. The highest BCUT2D eigenvalue weighted by atomic mass is 19.3. The second-order valence-corrected chi connectivity index (χ2v) is 4.23. The number of methoxy groups -OCH3 is 1. The molecule has 6 nitrogen and oxygen atoms in total. The Morgan fingerprint density at radius 1 is 1.47 bits per heavy atom. The van der Waals surface area contributed by atoms with Gasteiger partial charge in [-0.3, -0.25) is 11.2 Å². The van der Waals surface area contributed by atoms with Gasteiger partial charge in [0, 0.05) is 6.42 Å². The second kappa shape index (κ2) is 4.98. The number of nitrogens with two attached hydrogens (primary N) is 2. The fourth-order valence-electron chi connectivity index (χ4n) is 1.90. The number of aliphatic imine (C=N–C) groups is 1. The van der Waals surface area contributed by atoms with Gasteiger partial charge in [0.2, 0.25) is 5.96 Å². The number of guanidine groups is 1. The van der Waals surface area contributed by atoms with E-state index in [2.05, 4.69) is 15.8 Å². The summed E-state index contributed by atoms with van der Waals surface area (Å²) in [5, 5.41) is 0. The van der Waals surface area contributed by atoms with E-state index in [0.717, 1.165) is 0 Å². The summed E-state index contributed by atoms with van der Waals surface area (Å²) in [5.74, 6) is -0.839. The fraction of sp³-hybridized carbons (Fsp3) is 0.364. The molecule has 0 saturated carbocycles. The number of ether oxygens (including phenoxy) is 1. The largest absolute Gasteiger partial charge is 0.496 e. The molecule has 0 fully saturated rings. The van der Waals surface area contributed by atoms with E-state index in [1.165, 1.54) is 19.2 Å². The Hall–Kier alpha value is -1.93. The molecule has 19 heavy (non-hydrogen) atoms. The van der Waals surface area contributed by atoms with E-state index in [1.807, 2.05) is 0 Å². The maximum absolute atomic E-state index is 12.9. The van der Waals surface area contributed by atoms with E-state index in [1.54, 1.807) is 6.07 Å². The average molecular weight is 271 g/mol. The second-order valence-electron chi connectivity index (χ2n) is 4.23. The van der Waals surface area contributed by atoms with Crippen molar-refractivity contribution in [3.8, 4) is 5.75 Å². The van der Waals surface area contributed by atoms with Gasteiger partial charge < -0.3 is 10.5 Å². The van der Waals surface area contributed by atoms with Gasteiger partial charge >= 0.3 is 0 Å². The lowest BCUT2D eigenvalue weighted by atomic mass is 10.0.